The predicted molar refractivity (Wildman–Crippen MR) is 117 cm³/mol. The minimum Gasteiger partial charge on any atom is -0.488 e. The van der Waals surface area contributed by atoms with E-state index in [1.165, 1.54) is 23.5 Å². The maximum Gasteiger partial charge on any atom is 0.416 e. The Morgan fingerprint density at radius 3 is 2.33 bits per heavy atom. The summed E-state index contributed by atoms with van der Waals surface area (Å²) in [4.78, 5) is 16.5. The van der Waals surface area contributed by atoms with E-state index in [1.54, 1.807) is 7.11 Å². The van der Waals surface area contributed by atoms with Gasteiger partial charge in [-0.1, -0.05) is 24.3 Å². The third-order valence-corrected chi connectivity index (χ3v) is 7.17. The van der Waals surface area contributed by atoms with Crippen LogP contribution in [-0.2, 0) is 27.9 Å². The molecule has 0 radical (unpaired) electrons. The highest BCUT2D eigenvalue weighted by atomic mass is 32.1. The van der Waals surface area contributed by atoms with Crippen molar-refractivity contribution < 1.29 is 32.5 Å². The quantitative estimate of drug-likeness (QED) is 0.449. The molecule has 1 saturated carbocycles. The number of methoxy groups -OCH3 is 1. The lowest BCUT2D eigenvalue weighted by atomic mass is 9.67. The van der Waals surface area contributed by atoms with Gasteiger partial charge in [0.2, 0.25) is 0 Å². The zero-order chi connectivity index (χ0) is 23.8. The topological polar surface area (TPSA) is 68.7 Å². The largest absolute Gasteiger partial charge is 0.488 e. The molecule has 33 heavy (non-hydrogen) atoms. The number of carbonyl (C=O) groups is 1. The van der Waals surface area contributed by atoms with Crippen molar-refractivity contribution in [2.75, 3.05) is 7.11 Å². The molecule has 1 heterocycles. The van der Waals surface area contributed by atoms with Crippen LogP contribution >= 0.6 is 11.3 Å². The SMILES string of the molecule is COC1(c2ccc(OCc3sc(-c4ccc(C(F)(F)F)cc4)nc3C)cc2)CC(C(=O)O)C1. The molecule has 1 N–H and O–H groups in total. The Balaban J connectivity index is 1.41. The summed E-state index contributed by atoms with van der Waals surface area (Å²) in [7, 11) is 1.59. The summed E-state index contributed by atoms with van der Waals surface area (Å²) in [6.45, 7) is 2.11. The molecule has 4 rings (SSSR count). The van der Waals surface area contributed by atoms with E-state index in [1.807, 2.05) is 31.2 Å². The fourth-order valence-corrected chi connectivity index (χ4v) is 4.90. The minimum atomic E-state index is -4.37. The van der Waals surface area contributed by atoms with Gasteiger partial charge < -0.3 is 14.6 Å². The normalized spacial score (nSPS) is 20.3. The number of aromatic nitrogens is 1. The second-order valence-corrected chi connectivity index (χ2v) is 9.14. The molecule has 1 fully saturated rings. The van der Waals surface area contributed by atoms with Crippen LogP contribution in [0.2, 0.25) is 0 Å². The number of hydrogen-bond donors (Lipinski definition) is 1. The van der Waals surface area contributed by atoms with Gasteiger partial charge in [0.15, 0.2) is 0 Å². The molecule has 9 heteroatoms. The highest BCUT2D eigenvalue weighted by Gasteiger charge is 2.49. The summed E-state index contributed by atoms with van der Waals surface area (Å²) < 4.78 is 49.8. The maximum atomic E-state index is 12.8. The molecule has 0 spiro atoms. The first-order chi connectivity index (χ1) is 15.6. The Morgan fingerprint density at radius 1 is 1.15 bits per heavy atom. The summed E-state index contributed by atoms with van der Waals surface area (Å²) in [5.74, 6) is -0.560. The lowest BCUT2D eigenvalue weighted by molar-refractivity contribution is -0.164. The van der Waals surface area contributed by atoms with E-state index in [9.17, 15) is 18.0 Å². The molecule has 3 aromatic rings. The molecule has 0 bridgehead atoms. The van der Waals surface area contributed by atoms with Gasteiger partial charge in [0.05, 0.1) is 27.7 Å². The smallest absolute Gasteiger partial charge is 0.416 e. The van der Waals surface area contributed by atoms with E-state index < -0.39 is 29.2 Å². The second-order valence-electron chi connectivity index (χ2n) is 8.06. The monoisotopic (exact) mass is 477 g/mol. The van der Waals surface area contributed by atoms with Crippen LogP contribution in [0.5, 0.6) is 5.75 Å². The number of rotatable bonds is 7. The highest BCUT2D eigenvalue weighted by molar-refractivity contribution is 7.15. The number of aryl methyl sites for hydroxylation is 1. The first-order valence-electron chi connectivity index (χ1n) is 10.3. The Labute approximate surface area is 192 Å². The van der Waals surface area contributed by atoms with Crippen molar-refractivity contribution in [1.82, 2.24) is 4.98 Å². The standard InChI is InChI=1S/C24H22F3NO4S/c1-14-20(33-21(28-14)15-3-5-18(6-4-15)24(25,26)27)13-32-19-9-7-17(8-10-19)23(31-2)11-16(12-23)22(29)30/h3-10,16H,11-13H2,1-2H3,(H,29,30). The molecule has 0 saturated heterocycles. The van der Waals surface area contributed by atoms with Crippen LogP contribution in [0.25, 0.3) is 10.6 Å². The first-order valence-corrected chi connectivity index (χ1v) is 11.1. The molecular weight excluding hydrogens is 455 g/mol. The molecule has 0 unspecified atom stereocenters. The summed E-state index contributed by atoms with van der Waals surface area (Å²) in [5.41, 5.74) is 1.03. The number of halogens is 3. The van der Waals surface area contributed by atoms with Crippen molar-refractivity contribution in [2.24, 2.45) is 5.92 Å². The number of thiazole rings is 1. The lowest BCUT2D eigenvalue weighted by Crippen LogP contribution is -2.46. The number of ether oxygens (including phenoxy) is 2. The van der Waals surface area contributed by atoms with E-state index in [0.29, 0.717) is 29.2 Å². The van der Waals surface area contributed by atoms with Crippen molar-refractivity contribution >= 4 is 17.3 Å². The number of hydrogen-bond acceptors (Lipinski definition) is 5. The van der Waals surface area contributed by atoms with Gasteiger partial charge >= 0.3 is 12.1 Å². The summed E-state index contributed by atoms with van der Waals surface area (Å²) in [6, 6.07) is 12.3. The highest BCUT2D eigenvalue weighted by Crippen LogP contribution is 2.48. The number of benzene rings is 2. The van der Waals surface area contributed by atoms with Gasteiger partial charge in [0.1, 0.15) is 17.4 Å². The summed E-state index contributed by atoms with van der Waals surface area (Å²) >= 11 is 1.38. The molecule has 1 aromatic heterocycles. The van der Waals surface area contributed by atoms with Crippen LogP contribution in [0.15, 0.2) is 48.5 Å². The van der Waals surface area contributed by atoms with Crippen LogP contribution < -0.4 is 4.74 Å². The summed E-state index contributed by atoms with van der Waals surface area (Å²) in [5, 5.41) is 9.78. The van der Waals surface area contributed by atoms with Crippen molar-refractivity contribution in [2.45, 2.75) is 38.1 Å². The fourth-order valence-electron chi connectivity index (χ4n) is 3.92. The van der Waals surface area contributed by atoms with E-state index in [2.05, 4.69) is 4.98 Å². The first kappa shape index (κ1) is 23.3. The molecule has 5 nitrogen and oxygen atoms in total. The molecule has 2 aromatic carbocycles. The van der Waals surface area contributed by atoms with Gasteiger partial charge in [-0.2, -0.15) is 13.2 Å². The van der Waals surface area contributed by atoms with Crippen molar-refractivity contribution in [1.29, 1.82) is 0 Å². The number of carboxylic acids is 1. The Bertz CT molecular complexity index is 1130. The molecular formula is C24H22F3NO4S. The zero-order valence-electron chi connectivity index (χ0n) is 18.0. The van der Waals surface area contributed by atoms with Crippen LogP contribution in [-0.4, -0.2) is 23.2 Å². The Kier molecular flexibility index (Phi) is 6.20. The van der Waals surface area contributed by atoms with E-state index in [4.69, 9.17) is 14.6 Å². The van der Waals surface area contributed by atoms with Gasteiger partial charge in [-0.15, -0.1) is 11.3 Å². The third-order valence-electron chi connectivity index (χ3n) is 5.99. The van der Waals surface area contributed by atoms with E-state index >= 15 is 0 Å². The van der Waals surface area contributed by atoms with Crippen LogP contribution in [0.3, 0.4) is 0 Å². The minimum absolute atomic E-state index is 0.278. The van der Waals surface area contributed by atoms with Gasteiger partial charge in [-0.05, 0) is 49.6 Å². The van der Waals surface area contributed by atoms with Crippen LogP contribution in [0, 0.1) is 12.8 Å². The van der Waals surface area contributed by atoms with Crippen LogP contribution in [0.1, 0.15) is 34.5 Å². The molecule has 0 aliphatic heterocycles. The fraction of sp³-hybridized carbons (Fsp3) is 0.333. The predicted octanol–water partition coefficient (Wildman–Crippen LogP) is 6.05. The number of nitrogens with zero attached hydrogens (tertiary/aromatic N) is 1. The zero-order valence-corrected chi connectivity index (χ0v) is 18.8. The molecule has 174 valence electrons. The molecule has 1 aliphatic carbocycles. The Hall–Kier alpha value is -2.91. The lowest BCUT2D eigenvalue weighted by Gasteiger charge is -2.45. The van der Waals surface area contributed by atoms with Crippen LogP contribution in [0.4, 0.5) is 13.2 Å². The molecule has 0 amide bonds. The molecule has 1 aliphatic rings. The third kappa shape index (κ3) is 4.74. The average molecular weight is 478 g/mol. The summed E-state index contributed by atoms with van der Waals surface area (Å²) in [6.07, 6.45) is -3.50. The second kappa shape index (κ2) is 8.79. The maximum absolute atomic E-state index is 12.8. The van der Waals surface area contributed by atoms with Gasteiger partial charge in [-0.3, -0.25) is 4.79 Å². The van der Waals surface area contributed by atoms with E-state index in [0.717, 1.165) is 28.3 Å². The van der Waals surface area contributed by atoms with Crippen molar-refractivity contribution in [3.05, 3.63) is 70.2 Å². The molecule has 0 atom stereocenters. The van der Waals surface area contributed by atoms with Crippen molar-refractivity contribution in [3.63, 3.8) is 0 Å². The van der Waals surface area contributed by atoms with Gasteiger partial charge in [0.25, 0.3) is 0 Å². The number of alkyl halides is 3. The van der Waals surface area contributed by atoms with Gasteiger partial charge in [0, 0.05) is 12.7 Å². The van der Waals surface area contributed by atoms with Crippen molar-refractivity contribution in [3.8, 4) is 16.3 Å². The number of aliphatic carboxylic acids is 1. The Morgan fingerprint density at radius 2 is 1.79 bits per heavy atom. The van der Waals surface area contributed by atoms with Gasteiger partial charge in [-0.25, -0.2) is 4.98 Å². The van der Waals surface area contributed by atoms with E-state index in [-0.39, 0.29) is 6.61 Å². The number of carboxylic acid groups (broad SMARTS) is 1. The average Bonchev–Trinajstić information content (AvgIpc) is 3.12.